The number of carbonyl (C=O) groups excluding carboxylic acids is 1. The number of thiophene rings is 1. The predicted octanol–water partition coefficient (Wildman–Crippen LogP) is 2.01. The van der Waals surface area contributed by atoms with Crippen molar-refractivity contribution in [3.63, 3.8) is 0 Å². The molecule has 0 fully saturated rings. The maximum Gasteiger partial charge on any atom is 0.338 e. The molecular formula is C12H15NO4S. The second-order valence-electron chi connectivity index (χ2n) is 4.23. The summed E-state index contributed by atoms with van der Waals surface area (Å²) in [5.74, 6) is -1.36. The summed E-state index contributed by atoms with van der Waals surface area (Å²) in [5.41, 5.74) is 6.66. The van der Waals surface area contributed by atoms with Gasteiger partial charge in [-0.2, -0.15) is 0 Å². The monoisotopic (exact) mass is 269 g/mol. The number of carbonyl (C=O) groups is 2. The first-order valence-electron chi connectivity index (χ1n) is 5.84. The summed E-state index contributed by atoms with van der Waals surface area (Å²) in [7, 11) is 0. The summed E-state index contributed by atoms with van der Waals surface area (Å²) in [6, 6.07) is 0. The topological polar surface area (TPSA) is 89.6 Å². The number of fused-ring (bicyclic) bond motifs is 1. The zero-order valence-electron chi connectivity index (χ0n) is 10.1. The van der Waals surface area contributed by atoms with Crippen LogP contribution in [0.5, 0.6) is 0 Å². The van der Waals surface area contributed by atoms with Crippen LogP contribution in [0.25, 0.3) is 0 Å². The predicted molar refractivity (Wildman–Crippen MR) is 68.0 cm³/mol. The molecule has 0 aromatic carbocycles. The first-order valence-corrected chi connectivity index (χ1v) is 6.66. The van der Waals surface area contributed by atoms with Gasteiger partial charge in [0.05, 0.1) is 18.6 Å². The van der Waals surface area contributed by atoms with Gasteiger partial charge in [0.15, 0.2) is 0 Å². The third kappa shape index (κ3) is 2.20. The molecule has 6 heteroatoms. The normalized spacial score (nSPS) is 17.5. The van der Waals surface area contributed by atoms with Crippen LogP contribution in [-0.2, 0) is 16.0 Å². The highest BCUT2D eigenvalue weighted by atomic mass is 32.1. The second-order valence-corrected chi connectivity index (χ2v) is 5.36. The SMILES string of the molecule is CCOC(=O)CC1CCc2sc(N)c(C(=O)O)c21. The maximum absolute atomic E-state index is 11.5. The minimum atomic E-state index is -1.01. The lowest BCUT2D eigenvalue weighted by Crippen LogP contribution is -2.11. The fourth-order valence-electron chi connectivity index (χ4n) is 2.42. The average Bonchev–Trinajstić information content (AvgIpc) is 2.78. The molecule has 0 saturated heterocycles. The molecule has 5 nitrogen and oxygen atoms in total. The molecule has 1 aliphatic carbocycles. The van der Waals surface area contributed by atoms with E-state index in [4.69, 9.17) is 10.5 Å². The van der Waals surface area contributed by atoms with Crippen LogP contribution < -0.4 is 5.73 Å². The number of nitrogens with two attached hydrogens (primary N) is 1. The summed E-state index contributed by atoms with van der Waals surface area (Å²) in [6.45, 7) is 2.10. The number of hydrogen-bond acceptors (Lipinski definition) is 5. The first kappa shape index (κ1) is 12.9. The van der Waals surface area contributed by atoms with Crippen molar-refractivity contribution in [1.29, 1.82) is 0 Å². The van der Waals surface area contributed by atoms with Crippen LogP contribution in [-0.4, -0.2) is 23.7 Å². The minimum Gasteiger partial charge on any atom is -0.478 e. The van der Waals surface area contributed by atoms with Gasteiger partial charge in [0.2, 0.25) is 0 Å². The summed E-state index contributed by atoms with van der Waals surface area (Å²) in [6.07, 6.45) is 1.82. The molecule has 0 radical (unpaired) electrons. The van der Waals surface area contributed by atoms with Crippen LogP contribution in [0.1, 0.15) is 46.5 Å². The Balaban J connectivity index is 2.26. The molecule has 0 aliphatic heterocycles. The molecule has 1 heterocycles. The Hall–Kier alpha value is -1.56. The zero-order chi connectivity index (χ0) is 13.3. The molecule has 98 valence electrons. The van der Waals surface area contributed by atoms with E-state index < -0.39 is 5.97 Å². The highest BCUT2D eigenvalue weighted by molar-refractivity contribution is 7.16. The van der Waals surface area contributed by atoms with Gasteiger partial charge in [-0.1, -0.05) is 0 Å². The fourth-order valence-corrected chi connectivity index (χ4v) is 3.59. The van der Waals surface area contributed by atoms with Crippen LogP contribution in [0.15, 0.2) is 0 Å². The van der Waals surface area contributed by atoms with Gasteiger partial charge in [-0.15, -0.1) is 11.3 Å². The van der Waals surface area contributed by atoms with Crippen molar-refractivity contribution in [3.8, 4) is 0 Å². The van der Waals surface area contributed by atoms with Crippen molar-refractivity contribution in [2.24, 2.45) is 0 Å². The van der Waals surface area contributed by atoms with E-state index in [0.29, 0.717) is 11.6 Å². The fraction of sp³-hybridized carbons (Fsp3) is 0.500. The number of hydrogen-bond donors (Lipinski definition) is 2. The lowest BCUT2D eigenvalue weighted by atomic mass is 9.96. The van der Waals surface area contributed by atoms with Gasteiger partial charge in [-0.25, -0.2) is 4.79 Å². The van der Waals surface area contributed by atoms with Crippen molar-refractivity contribution < 1.29 is 19.4 Å². The van der Waals surface area contributed by atoms with Crippen molar-refractivity contribution in [2.45, 2.75) is 32.1 Å². The Morgan fingerprint density at radius 1 is 1.56 bits per heavy atom. The lowest BCUT2D eigenvalue weighted by Gasteiger charge is -2.10. The Morgan fingerprint density at radius 3 is 2.89 bits per heavy atom. The smallest absolute Gasteiger partial charge is 0.338 e. The van der Waals surface area contributed by atoms with Crippen LogP contribution in [0.4, 0.5) is 5.00 Å². The molecule has 0 saturated carbocycles. The van der Waals surface area contributed by atoms with Gasteiger partial charge in [0.1, 0.15) is 5.00 Å². The van der Waals surface area contributed by atoms with E-state index in [1.807, 2.05) is 0 Å². The van der Waals surface area contributed by atoms with E-state index in [1.54, 1.807) is 6.92 Å². The van der Waals surface area contributed by atoms with Crippen LogP contribution in [0, 0.1) is 0 Å². The standard InChI is InChI=1S/C12H15NO4S/c1-2-17-8(14)5-6-3-4-7-9(6)10(12(15)16)11(13)18-7/h6H,2-5,13H2,1H3,(H,15,16). The first-order chi connectivity index (χ1) is 8.54. The molecule has 18 heavy (non-hydrogen) atoms. The number of esters is 1. The lowest BCUT2D eigenvalue weighted by molar-refractivity contribution is -0.143. The zero-order valence-corrected chi connectivity index (χ0v) is 10.9. The highest BCUT2D eigenvalue weighted by Gasteiger charge is 2.33. The Bertz CT molecular complexity index is 495. The Kier molecular flexibility index (Phi) is 3.56. The number of nitrogen functional groups attached to an aromatic ring is 1. The summed E-state index contributed by atoms with van der Waals surface area (Å²) >= 11 is 1.32. The molecule has 1 atom stereocenters. The van der Waals surface area contributed by atoms with Crippen molar-refractivity contribution in [3.05, 3.63) is 16.0 Å². The molecule has 1 unspecified atom stereocenters. The van der Waals surface area contributed by atoms with E-state index >= 15 is 0 Å². The molecular weight excluding hydrogens is 254 g/mol. The van der Waals surface area contributed by atoms with Crippen molar-refractivity contribution >= 4 is 28.3 Å². The number of rotatable bonds is 4. The van der Waals surface area contributed by atoms with Gasteiger partial charge < -0.3 is 15.6 Å². The Labute approximate surface area is 109 Å². The maximum atomic E-state index is 11.5. The summed E-state index contributed by atoms with van der Waals surface area (Å²) in [5, 5.41) is 9.52. The third-order valence-corrected chi connectivity index (χ3v) is 4.20. The number of anilines is 1. The van der Waals surface area contributed by atoms with E-state index in [-0.39, 0.29) is 23.9 Å². The molecule has 3 N–H and O–H groups in total. The van der Waals surface area contributed by atoms with E-state index in [1.165, 1.54) is 11.3 Å². The minimum absolute atomic E-state index is 0.0706. The van der Waals surface area contributed by atoms with Gasteiger partial charge in [-0.05, 0) is 31.2 Å². The van der Waals surface area contributed by atoms with Gasteiger partial charge in [0.25, 0.3) is 0 Å². The molecule has 2 rings (SSSR count). The highest BCUT2D eigenvalue weighted by Crippen LogP contribution is 2.45. The third-order valence-electron chi connectivity index (χ3n) is 3.11. The molecule has 0 spiro atoms. The summed E-state index contributed by atoms with van der Waals surface area (Å²) in [4.78, 5) is 23.7. The average molecular weight is 269 g/mol. The number of carboxylic acids is 1. The van der Waals surface area contributed by atoms with E-state index in [2.05, 4.69) is 0 Å². The second kappa shape index (κ2) is 4.97. The molecule has 0 bridgehead atoms. The molecule has 1 aromatic rings. The number of aromatic carboxylic acids is 1. The van der Waals surface area contributed by atoms with Crippen LogP contribution >= 0.6 is 11.3 Å². The Morgan fingerprint density at radius 2 is 2.28 bits per heavy atom. The molecule has 0 amide bonds. The number of carboxylic acid groups (broad SMARTS) is 1. The number of ether oxygens (including phenoxy) is 1. The van der Waals surface area contributed by atoms with E-state index in [0.717, 1.165) is 23.3 Å². The molecule has 1 aliphatic rings. The van der Waals surface area contributed by atoms with E-state index in [9.17, 15) is 14.7 Å². The quantitative estimate of drug-likeness (QED) is 0.816. The van der Waals surface area contributed by atoms with Gasteiger partial charge >= 0.3 is 11.9 Å². The molecule has 1 aromatic heterocycles. The van der Waals surface area contributed by atoms with Gasteiger partial charge in [0, 0.05) is 4.88 Å². The van der Waals surface area contributed by atoms with Crippen LogP contribution in [0.3, 0.4) is 0 Å². The number of aryl methyl sites for hydroxylation is 1. The van der Waals surface area contributed by atoms with Gasteiger partial charge in [-0.3, -0.25) is 4.79 Å². The largest absolute Gasteiger partial charge is 0.478 e. The van der Waals surface area contributed by atoms with Crippen LogP contribution in [0.2, 0.25) is 0 Å². The van der Waals surface area contributed by atoms with Crippen molar-refractivity contribution in [1.82, 2.24) is 0 Å². The summed E-state index contributed by atoms with van der Waals surface area (Å²) < 4.78 is 4.91. The van der Waals surface area contributed by atoms with Crippen molar-refractivity contribution in [2.75, 3.05) is 12.3 Å².